The van der Waals surface area contributed by atoms with Gasteiger partial charge >= 0.3 is 0 Å². The molecule has 0 radical (unpaired) electrons. The molecule has 0 spiro atoms. The molecule has 0 N–H and O–H groups in total. The predicted octanol–water partition coefficient (Wildman–Crippen LogP) is 2.61. The van der Waals surface area contributed by atoms with Crippen molar-refractivity contribution < 1.29 is 9.13 Å². The number of hydrogen-bond donors (Lipinski definition) is 0. The van der Waals surface area contributed by atoms with Crippen molar-refractivity contribution in [2.45, 2.75) is 12.8 Å². The molecule has 2 heteroatoms. The van der Waals surface area contributed by atoms with E-state index in [2.05, 4.69) is 12.1 Å². The molecule has 0 aliphatic rings. The van der Waals surface area contributed by atoms with Crippen molar-refractivity contribution in [2.24, 2.45) is 0 Å². The van der Waals surface area contributed by atoms with Gasteiger partial charge in [-0.15, -0.1) is 0 Å². The average Bonchev–Trinajstić information content (AvgIpc) is 2.19. The summed E-state index contributed by atoms with van der Waals surface area (Å²) in [6.07, 6.45) is 1.97. The minimum Gasteiger partial charge on any atom is -0.379 e. The minimum absolute atomic E-state index is 0.231. The monoisotopic (exact) mass is 182 g/mol. The van der Waals surface area contributed by atoms with Gasteiger partial charge < -0.3 is 4.74 Å². The Morgan fingerprint density at radius 1 is 1.08 bits per heavy atom. The van der Waals surface area contributed by atoms with Crippen molar-refractivity contribution in [1.29, 1.82) is 0 Å². The fraction of sp³-hybridized carbons (Fsp3) is 0.455. The second kappa shape index (κ2) is 6.61. The van der Waals surface area contributed by atoms with Gasteiger partial charge in [0.25, 0.3) is 0 Å². The third kappa shape index (κ3) is 4.63. The molecule has 0 bridgehead atoms. The molecular formula is C11H15FO. The van der Waals surface area contributed by atoms with Gasteiger partial charge in [-0.3, -0.25) is 0 Å². The molecule has 0 saturated heterocycles. The highest BCUT2D eigenvalue weighted by atomic mass is 19.1. The SMILES string of the molecule is FCCOCCCc1ccccc1. The fourth-order valence-corrected chi connectivity index (χ4v) is 1.18. The molecule has 1 rings (SSSR count). The van der Waals surface area contributed by atoms with Crippen molar-refractivity contribution in [3.63, 3.8) is 0 Å². The lowest BCUT2D eigenvalue weighted by atomic mass is 10.1. The summed E-state index contributed by atoms with van der Waals surface area (Å²) in [6, 6.07) is 10.2. The number of aryl methyl sites for hydroxylation is 1. The van der Waals surface area contributed by atoms with Crippen LogP contribution >= 0.6 is 0 Å². The highest BCUT2D eigenvalue weighted by molar-refractivity contribution is 5.14. The summed E-state index contributed by atoms with van der Waals surface area (Å²) in [5.41, 5.74) is 1.31. The first kappa shape index (κ1) is 10.2. The maximum atomic E-state index is 11.6. The molecule has 0 heterocycles. The second-order valence-corrected chi connectivity index (χ2v) is 2.89. The van der Waals surface area contributed by atoms with Gasteiger partial charge in [0.2, 0.25) is 0 Å². The van der Waals surface area contributed by atoms with Crippen LogP contribution in [0, 0.1) is 0 Å². The van der Waals surface area contributed by atoms with Crippen LogP contribution in [-0.2, 0) is 11.2 Å². The third-order valence-electron chi connectivity index (χ3n) is 1.82. The normalized spacial score (nSPS) is 10.2. The van der Waals surface area contributed by atoms with E-state index < -0.39 is 0 Å². The highest BCUT2D eigenvalue weighted by Crippen LogP contribution is 2.01. The van der Waals surface area contributed by atoms with Crippen molar-refractivity contribution >= 4 is 0 Å². The third-order valence-corrected chi connectivity index (χ3v) is 1.82. The van der Waals surface area contributed by atoms with E-state index in [1.165, 1.54) is 5.56 Å². The lowest BCUT2D eigenvalue weighted by Crippen LogP contribution is -1.99. The van der Waals surface area contributed by atoms with Crippen LogP contribution in [0.25, 0.3) is 0 Å². The molecule has 0 aliphatic carbocycles. The Balaban J connectivity index is 2.07. The van der Waals surface area contributed by atoms with Gasteiger partial charge in [-0.2, -0.15) is 0 Å². The lowest BCUT2D eigenvalue weighted by Gasteiger charge is -2.01. The van der Waals surface area contributed by atoms with E-state index in [1.54, 1.807) is 0 Å². The van der Waals surface area contributed by atoms with Gasteiger partial charge in [0.05, 0.1) is 6.61 Å². The molecule has 0 aromatic heterocycles. The fourth-order valence-electron chi connectivity index (χ4n) is 1.18. The number of ether oxygens (including phenoxy) is 1. The van der Waals surface area contributed by atoms with Gasteiger partial charge in [-0.05, 0) is 18.4 Å². The number of rotatable bonds is 6. The van der Waals surface area contributed by atoms with E-state index in [1.807, 2.05) is 18.2 Å². The van der Waals surface area contributed by atoms with Crippen LogP contribution in [0.4, 0.5) is 4.39 Å². The molecule has 1 nitrogen and oxygen atoms in total. The van der Waals surface area contributed by atoms with Crippen LogP contribution in [0.1, 0.15) is 12.0 Å². The molecular weight excluding hydrogens is 167 g/mol. The van der Waals surface area contributed by atoms with Gasteiger partial charge in [0, 0.05) is 6.61 Å². The Morgan fingerprint density at radius 3 is 2.54 bits per heavy atom. The summed E-state index contributed by atoms with van der Waals surface area (Å²) in [5.74, 6) is 0. The molecule has 1 aromatic carbocycles. The Labute approximate surface area is 78.5 Å². The van der Waals surface area contributed by atoms with Crippen LogP contribution in [0.2, 0.25) is 0 Å². The maximum Gasteiger partial charge on any atom is 0.113 e. The van der Waals surface area contributed by atoms with E-state index in [4.69, 9.17) is 4.74 Å². The quantitative estimate of drug-likeness (QED) is 0.614. The Bertz CT molecular complexity index is 211. The summed E-state index contributed by atoms with van der Waals surface area (Å²) in [5, 5.41) is 0. The van der Waals surface area contributed by atoms with Crippen molar-refractivity contribution in [3.05, 3.63) is 35.9 Å². The van der Waals surface area contributed by atoms with E-state index in [-0.39, 0.29) is 13.3 Å². The molecule has 72 valence electrons. The number of halogens is 1. The minimum atomic E-state index is -0.384. The molecule has 0 unspecified atom stereocenters. The zero-order valence-electron chi connectivity index (χ0n) is 7.71. The van der Waals surface area contributed by atoms with E-state index in [0.29, 0.717) is 6.61 Å². The van der Waals surface area contributed by atoms with Crippen LogP contribution in [0.3, 0.4) is 0 Å². The topological polar surface area (TPSA) is 9.23 Å². The van der Waals surface area contributed by atoms with Crippen LogP contribution in [0.5, 0.6) is 0 Å². The Hall–Kier alpha value is -0.890. The van der Waals surface area contributed by atoms with E-state index in [0.717, 1.165) is 12.8 Å². The van der Waals surface area contributed by atoms with Crippen molar-refractivity contribution in [2.75, 3.05) is 19.9 Å². The van der Waals surface area contributed by atoms with Gasteiger partial charge in [0.15, 0.2) is 0 Å². The van der Waals surface area contributed by atoms with Crippen LogP contribution < -0.4 is 0 Å². The number of alkyl halides is 1. The van der Waals surface area contributed by atoms with Crippen LogP contribution in [0.15, 0.2) is 30.3 Å². The van der Waals surface area contributed by atoms with Gasteiger partial charge in [0.1, 0.15) is 6.67 Å². The zero-order chi connectivity index (χ0) is 9.36. The standard InChI is InChI=1S/C11H15FO/c12-8-10-13-9-4-7-11-5-2-1-3-6-11/h1-3,5-6H,4,7-10H2. The summed E-state index contributed by atoms with van der Waals surface area (Å²) in [7, 11) is 0. The Morgan fingerprint density at radius 2 is 1.85 bits per heavy atom. The predicted molar refractivity (Wildman–Crippen MR) is 51.6 cm³/mol. The number of benzene rings is 1. The number of hydrogen-bond acceptors (Lipinski definition) is 1. The first-order chi connectivity index (χ1) is 6.43. The van der Waals surface area contributed by atoms with E-state index >= 15 is 0 Å². The molecule has 0 fully saturated rings. The molecule has 0 saturated carbocycles. The molecule has 0 atom stereocenters. The summed E-state index contributed by atoms with van der Waals surface area (Å²) in [4.78, 5) is 0. The van der Waals surface area contributed by atoms with Gasteiger partial charge in [-0.1, -0.05) is 30.3 Å². The molecule has 0 aliphatic heterocycles. The zero-order valence-corrected chi connectivity index (χ0v) is 7.71. The maximum absolute atomic E-state index is 11.6. The van der Waals surface area contributed by atoms with E-state index in [9.17, 15) is 4.39 Å². The van der Waals surface area contributed by atoms with Crippen molar-refractivity contribution in [3.8, 4) is 0 Å². The largest absolute Gasteiger partial charge is 0.379 e. The smallest absolute Gasteiger partial charge is 0.113 e. The average molecular weight is 182 g/mol. The molecule has 1 aromatic rings. The first-order valence-corrected chi connectivity index (χ1v) is 4.61. The summed E-state index contributed by atoms with van der Waals surface area (Å²) >= 11 is 0. The second-order valence-electron chi connectivity index (χ2n) is 2.89. The summed E-state index contributed by atoms with van der Waals surface area (Å²) < 4.78 is 16.6. The Kier molecular flexibility index (Phi) is 5.18. The molecule has 13 heavy (non-hydrogen) atoms. The highest BCUT2D eigenvalue weighted by Gasteiger charge is 1.91. The lowest BCUT2D eigenvalue weighted by molar-refractivity contribution is 0.117. The van der Waals surface area contributed by atoms with Crippen molar-refractivity contribution in [1.82, 2.24) is 0 Å². The first-order valence-electron chi connectivity index (χ1n) is 4.61. The van der Waals surface area contributed by atoms with Gasteiger partial charge in [-0.25, -0.2) is 4.39 Å². The molecule has 0 amide bonds. The summed E-state index contributed by atoms with van der Waals surface area (Å²) in [6.45, 7) is 0.499. The van der Waals surface area contributed by atoms with Crippen LogP contribution in [-0.4, -0.2) is 19.9 Å².